The van der Waals surface area contributed by atoms with Crippen molar-refractivity contribution < 1.29 is 39.0 Å². The van der Waals surface area contributed by atoms with E-state index >= 15 is 0 Å². The van der Waals surface area contributed by atoms with Crippen molar-refractivity contribution in [1.82, 2.24) is 16.0 Å². The van der Waals surface area contributed by atoms with Crippen molar-refractivity contribution in [1.29, 1.82) is 0 Å². The van der Waals surface area contributed by atoms with Gasteiger partial charge in [-0.3, -0.25) is 24.0 Å². The van der Waals surface area contributed by atoms with Crippen molar-refractivity contribution in [2.45, 2.75) is 50.4 Å². The number of nitrogens with two attached hydrogens (primary N) is 2. The van der Waals surface area contributed by atoms with E-state index in [0.717, 1.165) is 0 Å². The standard InChI is InChI=1S/C20H27N5O8/c1-10(21)17(29)23-12(8-15(22)26)18(30)24-13(9-16(27)28)19(31)25-14(20(32)33)7-11-5-3-2-4-6-11/h2-6,10,12-14H,7-9,21H2,1H3,(H2,22,26)(H,23,29)(H,24,30)(H,25,31)(H,27,28)(H,32,33). The zero-order valence-corrected chi connectivity index (χ0v) is 17.8. The average Bonchev–Trinajstić information content (AvgIpc) is 2.72. The van der Waals surface area contributed by atoms with E-state index in [1.165, 1.54) is 6.92 Å². The SMILES string of the molecule is CC(N)C(=O)NC(CC(N)=O)C(=O)NC(CC(=O)O)C(=O)NC(Cc1ccccc1)C(=O)O. The number of carbonyl (C=O) groups is 6. The lowest BCUT2D eigenvalue weighted by Crippen LogP contribution is -2.58. The number of primary amides is 1. The molecule has 0 heterocycles. The normalized spacial score (nSPS) is 14.1. The number of carbonyl (C=O) groups excluding carboxylic acids is 4. The Morgan fingerprint density at radius 1 is 0.818 bits per heavy atom. The van der Waals surface area contributed by atoms with Crippen LogP contribution < -0.4 is 27.4 Å². The number of aliphatic carboxylic acids is 2. The summed E-state index contributed by atoms with van der Waals surface area (Å²) in [6.45, 7) is 1.33. The van der Waals surface area contributed by atoms with Crippen LogP contribution in [0.1, 0.15) is 25.3 Å². The second-order valence-corrected chi connectivity index (χ2v) is 7.27. The molecule has 0 aliphatic heterocycles. The molecule has 9 N–H and O–H groups in total. The van der Waals surface area contributed by atoms with Crippen LogP contribution in [0.4, 0.5) is 0 Å². The van der Waals surface area contributed by atoms with Crippen LogP contribution in [-0.4, -0.2) is 69.9 Å². The van der Waals surface area contributed by atoms with Crippen molar-refractivity contribution in [3.8, 4) is 0 Å². The minimum absolute atomic E-state index is 0.0929. The highest BCUT2D eigenvalue weighted by atomic mass is 16.4. The summed E-state index contributed by atoms with van der Waals surface area (Å²) in [5, 5.41) is 25.1. The average molecular weight is 465 g/mol. The highest BCUT2D eigenvalue weighted by Crippen LogP contribution is 2.05. The molecule has 0 radical (unpaired) electrons. The number of hydrogen-bond acceptors (Lipinski definition) is 7. The number of amides is 4. The van der Waals surface area contributed by atoms with Crippen LogP contribution in [0.5, 0.6) is 0 Å². The molecule has 1 aromatic rings. The molecule has 13 heteroatoms. The molecule has 0 fully saturated rings. The minimum Gasteiger partial charge on any atom is -0.481 e. The van der Waals surface area contributed by atoms with Crippen LogP contribution in [0.3, 0.4) is 0 Å². The number of nitrogens with one attached hydrogen (secondary N) is 3. The molecule has 180 valence electrons. The smallest absolute Gasteiger partial charge is 0.326 e. The van der Waals surface area contributed by atoms with Crippen molar-refractivity contribution >= 4 is 35.6 Å². The lowest BCUT2D eigenvalue weighted by atomic mass is 10.0. The van der Waals surface area contributed by atoms with E-state index in [1.54, 1.807) is 30.3 Å². The van der Waals surface area contributed by atoms with Crippen molar-refractivity contribution in [2.24, 2.45) is 11.5 Å². The molecule has 1 rings (SSSR count). The first-order valence-electron chi connectivity index (χ1n) is 9.84. The summed E-state index contributed by atoms with van der Waals surface area (Å²) in [6, 6.07) is 2.72. The summed E-state index contributed by atoms with van der Waals surface area (Å²) >= 11 is 0. The van der Waals surface area contributed by atoms with E-state index in [2.05, 4.69) is 16.0 Å². The monoisotopic (exact) mass is 465 g/mol. The Kier molecular flexibility index (Phi) is 10.5. The Bertz CT molecular complexity index is 890. The molecule has 0 saturated carbocycles. The van der Waals surface area contributed by atoms with Crippen LogP contribution in [-0.2, 0) is 35.2 Å². The predicted molar refractivity (Wildman–Crippen MR) is 113 cm³/mol. The summed E-state index contributed by atoms with van der Waals surface area (Å²) in [7, 11) is 0. The number of carboxylic acid groups (broad SMARTS) is 2. The lowest BCUT2D eigenvalue weighted by Gasteiger charge is -2.23. The molecule has 13 nitrogen and oxygen atoms in total. The van der Waals surface area contributed by atoms with Gasteiger partial charge in [0.05, 0.1) is 18.9 Å². The third-order valence-corrected chi connectivity index (χ3v) is 4.36. The van der Waals surface area contributed by atoms with Crippen LogP contribution >= 0.6 is 0 Å². The summed E-state index contributed by atoms with van der Waals surface area (Å²) in [6.07, 6.45) is -1.62. The summed E-state index contributed by atoms with van der Waals surface area (Å²) in [5.74, 6) is -6.72. The first-order chi connectivity index (χ1) is 15.4. The molecule has 0 aliphatic carbocycles. The first-order valence-corrected chi connectivity index (χ1v) is 9.84. The zero-order valence-electron chi connectivity index (χ0n) is 17.8. The number of hydrogen-bond donors (Lipinski definition) is 7. The number of carboxylic acids is 2. The van der Waals surface area contributed by atoms with Gasteiger partial charge in [-0.05, 0) is 12.5 Å². The maximum absolute atomic E-state index is 12.6. The van der Waals surface area contributed by atoms with Gasteiger partial charge in [-0.2, -0.15) is 0 Å². The van der Waals surface area contributed by atoms with Crippen LogP contribution in [0.15, 0.2) is 30.3 Å². The van der Waals surface area contributed by atoms with E-state index in [-0.39, 0.29) is 6.42 Å². The molecule has 4 unspecified atom stereocenters. The molecule has 0 aromatic heterocycles. The largest absolute Gasteiger partial charge is 0.481 e. The van der Waals surface area contributed by atoms with Gasteiger partial charge in [0.25, 0.3) is 0 Å². The van der Waals surface area contributed by atoms with E-state index < -0.39 is 72.6 Å². The van der Waals surface area contributed by atoms with Gasteiger partial charge in [0.15, 0.2) is 0 Å². The number of benzene rings is 1. The molecule has 0 spiro atoms. The second kappa shape index (κ2) is 12.8. The van der Waals surface area contributed by atoms with Crippen molar-refractivity contribution in [3.05, 3.63) is 35.9 Å². The van der Waals surface area contributed by atoms with E-state index in [0.29, 0.717) is 5.56 Å². The van der Waals surface area contributed by atoms with Gasteiger partial charge in [0, 0.05) is 6.42 Å². The van der Waals surface area contributed by atoms with Gasteiger partial charge in [-0.1, -0.05) is 30.3 Å². The molecule has 33 heavy (non-hydrogen) atoms. The maximum atomic E-state index is 12.6. The quantitative estimate of drug-likeness (QED) is 0.162. The van der Waals surface area contributed by atoms with Gasteiger partial charge in [0.1, 0.15) is 18.1 Å². The lowest BCUT2D eigenvalue weighted by molar-refractivity contribution is -0.143. The first kappa shape index (κ1) is 27.0. The Labute approximate surface area is 188 Å². The molecular weight excluding hydrogens is 438 g/mol. The molecule has 0 saturated heterocycles. The highest BCUT2D eigenvalue weighted by molar-refractivity contribution is 5.97. The zero-order chi connectivity index (χ0) is 25.1. The molecule has 4 amide bonds. The van der Waals surface area contributed by atoms with Crippen LogP contribution in [0.25, 0.3) is 0 Å². The fraction of sp³-hybridized carbons (Fsp3) is 0.400. The highest BCUT2D eigenvalue weighted by Gasteiger charge is 2.32. The van der Waals surface area contributed by atoms with Gasteiger partial charge >= 0.3 is 11.9 Å². The topological polar surface area (TPSA) is 231 Å². The van der Waals surface area contributed by atoms with Crippen LogP contribution in [0, 0.1) is 0 Å². The molecule has 4 atom stereocenters. The summed E-state index contributed by atoms with van der Waals surface area (Å²) < 4.78 is 0. The van der Waals surface area contributed by atoms with E-state index in [9.17, 15) is 33.9 Å². The van der Waals surface area contributed by atoms with Gasteiger partial charge in [0.2, 0.25) is 23.6 Å². The molecule has 1 aromatic carbocycles. The molecule has 0 aliphatic rings. The maximum Gasteiger partial charge on any atom is 0.326 e. The van der Waals surface area contributed by atoms with Gasteiger partial charge < -0.3 is 37.6 Å². The molecular formula is C20H27N5O8. The van der Waals surface area contributed by atoms with Gasteiger partial charge in [-0.15, -0.1) is 0 Å². The predicted octanol–water partition coefficient (Wildman–Crippen LogP) is -2.53. The fourth-order valence-corrected chi connectivity index (χ4v) is 2.69. The second-order valence-electron chi connectivity index (χ2n) is 7.27. The van der Waals surface area contributed by atoms with Crippen molar-refractivity contribution in [3.63, 3.8) is 0 Å². The Morgan fingerprint density at radius 3 is 1.76 bits per heavy atom. The Hall–Kier alpha value is -4.00. The van der Waals surface area contributed by atoms with Crippen LogP contribution in [0.2, 0.25) is 0 Å². The fourth-order valence-electron chi connectivity index (χ4n) is 2.69. The van der Waals surface area contributed by atoms with E-state index in [4.69, 9.17) is 16.6 Å². The molecule has 0 bridgehead atoms. The third-order valence-electron chi connectivity index (χ3n) is 4.36. The van der Waals surface area contributed by atoms with Crippen molar-refractivity contribution in [2.75, 3.05) is 0 Å². The number of rotatable bonds is 13. The van der Waals surface area contributed by atoms with E-state index in [1.807, 2.05) is 0 Å². The van der Waals surface area contributed by atoms with Gasteiger partial charge in [-0.25, -0.2) is 4.79 Å². The third kappa shape index (κ3) is 9.78. The summed E-state index contributed by atoms with van der Waals surface area (Å²) in [4.78, 5) is 71.1. The summed E-state index contributed by atoms with van der Waals surface area (Å²) in [5.41, 5.74) is 11.1. The minimum atomic E-state index is -1.70. The Balaban J connectivity index is 3.00. The Morgan fingerprint density at radius 2 is 1.30 bits per heavy atom.